The first kappa shape index (κ1) is 28.9. The number of urea groups is 1. The third kappa shape index (κ3) is 6.41. The molecule has 3 N–H and O–H groups in total. The van der Waals surface area contributed by atoms with E-state index in [2.05, 4.69) is 4.98 Å². The minimum absolute atomic E-state index is 0.0290. The van der Waals surface area contributed by atoms with Crippen LogP contribution in [0.3, 0.4) is 0 Å². The monoisotopic (exact) mass is 585 g/mol. The zero-order valence-electron chi connectivity index (χ0n) is 21.0. The predicted octanol–water partition coefficient (Wildman–Crippen LogP) is 5.22. The second-order valence-corrected chi connectivity index (χ2v) is 10.8. The lowest BCUT2D eigenvalue weighted by Crippen LogP contribution is -2.71. The van der Waals surface area contributed by atoms with Crippen molar-refractivity contribution in [2.45, 2.75) is 56.8 Å². The molecule has 2 fully saturated rings. The summed E-state index contributed by atoms with van der Waals surface area (Å²) in [7, 11) is 1.41. The molecule has 39 heavy (non-hydrogen) atoms. The number of alkyl halides is 3. The Balaban J connectivity index is 1.62. The Morgan fingerprint density at radius 3 is 2.38 bits per heavy atom. The Hall–Kier alpha value is -3.05. The number of nitrogens with one attached hydrogen (secondary N) is 1. The number of rotatable bonds is 6. The van der Waals surface area contributed by atoms with E-state index in [9.17, 15) is 27.6 Å². The van der Waals surface area contributed by atoms with Gasteiger partial charge in [-0.2, -0.15) is 13.2 Å². The molecule has 2 aliphatic rings. The summed E-state index contributed by atoms with van der Waals surface area (Å²) in [4.78, 5) is 45.8. The molecule has 4 rings (SSSR count). The Morgan fingerprint density at radius 1 is 1.15 bits per heavy atom. The summed E-state index contributed by atoms with van der Waals surface area (Å²) in [6.45, 7) is 0. The van der Waals surface area contributed by atoms with Gasteiger partial charge in [-0.05, 0) is 61.1 Å². The van der Waals surface area contributed by atoms with E-state index < -0.39 is 47.9 Å². The highest BCUT2D eigenvalue weighted by molar-refractivity contribution is 6.35. The van der Waals surface area contributed by atoms with Gasteiger partial charge in [0.2, 0.25) is 5.91 Å². The number of amides is 4. The molecular weight excluding hydrogens is 558 g/mol. The number of likely N-dealkylation sites (N-methyl/N-ethyl adjacent to an activating group) is 1. The van der Waals surface area contributed by atoms with Crippen LogP contribution in [0.4, 0.5) is 29.5 Å². The van der Waals surface area contributed by atoms with Gasteiger partial charge in [-0.1, -0.05) is 42.5 Å². The first-order valence-electron chi connectivity index (χ1n) is 12.5. The van der Waals surface area contributed by atoms with Gasteiger partial charge in [0.1, 0.15) is 17.9 Å². The van der Waals surface area contributed by atoms with Gasteiger partial charge >= 0.3 is 12.2 Å². The van der Waals surface area contributed by atoms with Crippen LogP contribution in [0.15, 0.2) is 36.5 Å². The smallest absolute Gasteiger partial charge is 0.384 e. The second kappa shape index (κ2) is 11.6. The fourth-order valence-corrected chi connectivity index (χ4v) is 5.84. The summed E-state index contributed by atoms with van der Waals surface area (Å²) in [5, 5.41) is 2.53. The summed E-state index contributed by atoms with van der Waals surface area (Å²) >= 11 is 12.2. The summed E-state index contributed by atoms with van der Waals surface area (Å²) in [6, 6.07) is 2.80. The molecule has 1 unspecified atom stereocenters. The van der Waals surface area contributed by atoms with Crippen molar-refractivity contribution in [1.29, 1.82) is 0 Å². The van der Waals surface area contributed by atoms with Crippen molar-refractivity contribution in [3.8, 4) is 0 Å². The highest BCUT2D eigenvalue weighted by Gasteiger charge is 2.57. The molecule has 2 heterocycles. The second-order valence-electron chi connectivity index (χ2n) is 9.94. The number of hydrogen-bond donors (Lipinski definition) is 2. The molecule has 0 radical (unpaired) electrons. The van der Waals surface area contributed by atoms with Gasteiger partial charge in [-0.25, -0.2) is 9.78 Å². The van der Waals surface area contributed by atoms with E-state index in [0.29, 0.717) is 41.8 Å². The van der Waals surface area contributed by atoms with Crippen LogP contribution in [0.2, 0.25) is 10.0 Å². The van der Waals surface area contributed by atoms with Crippen LogP contribution in [-0.2, 0) is 16.0 Å². The molecule has 1 saturated heterocycles. The van der Waals surface area contributed by atoms with Gasteiger partial charge < -0.3 is 16.0 Å². The molecule has 1 aliphatic heterocycles. The van der Waals surface area contributed by atoms with E-state index in [1.165, 1.54) is 42.4 Å². The van der Waals surface area contributed by atoms with Crippen molar-refractivity contribution in [3.63, 3.8) is 0 Å². The maximum Gasteiger partial charge on any atom is 0.408 e. The molecule has 0 spiro atoms. The van der Waals surface area contributed by atoms with Crippen LogP contribution < -0.4 is 16.0 Å². The van der Waals surface area contributed by atoms with Crippen LogP contribution in [-0.4, -0.2) is 53.0 Å². The average molecular weight is 586 g/mol. The third-order valence-electron chi connectivity index (χ3n) is 7.30. The number of nitrogen functional groups attached to an aromatic ring is 1. The van der Waals surface area contributed by atoms with E-state index >= 15 is 0 Å². The van der Waals surface area contributed by atoms with Crippen molar-refractivity contribution in [3.05, 3.63) is 52.1 Å². The third-order valence-corrected chi connectivity index (χ3v) is 7.74. The quantitative estimate of drug-likeness (QED) is 0.451. The summed E-state index contributed by atoms with van der Waals surface area (Å²) in [6.07, 6.45) is -0.544. The van der Waals surface area contributed by atoms with E-state index in [0.717, 1.165) is 6.42 Å². The van der Waals surface area contributed by atoms with Crippen LogP contribution in [0.5, 0.6) is 0 Å². The van der Waals surface area contributed by atoms with E-state index in [4.69, 9.17) is 28.9 Å². The molecule has 2 aromatic rings. The van der Waals surface area contributed by atoms with Gasteiger partial charge in [-0.3, -0.25) is 14.5 Å². The minimum atomic E-state index is -4.71. The van der Waals surface area contributed by atoms with Gasteiger partial charge in [0.15, 0.2) is 0 Å². The predicted molar refractivity (Wildman–Crippen MR) is 141 cm³/mol. The van der Waals surface area contributed by atoms with Crippen LogP contribution in [0.25, 0.3) is 0 Å². The molecule has 1 aromatic carbocycles. The van der Waals surface area contributed by atoms with Crippen molar-refractivity contribution in [2.24, 2.45) is 11.8 Å². The number of pyridine rings is 1. The van der Waals surface area contributed by atoms with Gasteiger partial charge in [-0.15, -0.1) is 0 Å². The Morgan fingerprint density at radius 2 is 1.79 bits per heavy atom. The molecule has 1 aliphatic carbocycles. The average Bonchev–Trinajstić information content (AvgIpc) is 2.87. The number of β-lactam (4-membered cyclic amide) rings is 1. The number of hydrogen-bond acceptors (Lipinski definition) is 5. The number of benzene rings is 1. The van der Waals surface area contributed by atoms with E-state index in [1.807, 2.05) is 5.32 Å². The Kier molecular flexibility index (Phi) is 8.60. The van der Waals surface area contributed by atoms with Crippen molar-refractivity contribution in [2.75, 3.05) is 17.7 Å². The van der Waals surface area contributed by atoms with Crippen LogP contribution in [0.1, 0.15) is 37.7 Å². The molecular formula is C26H28Cl2F3N5O3. The lowest BCUT2D eigenvalue weighted by atomic mass is 9.81. The lowest BCUT2D eigenvalue weighted by molar-refractivity contribution is -0.170. The summed E-state index contributed by atoms with van der Waals surface area (Å²) < 4.78 is 42.0. The normalized spacial score (nSPS) is 20.8. The zero-order valence-corrected chi connectivity index (χ0v) is 22.6. The number of nitrogens with two attached hydrogens (primary N) is 1. The number of carbonyl (C=O) groups is 3. The number of likely N-dealkylation sites (tertiary alicyclic amines) is 1. The molecule has 210 valence electrons. The van der Waals surface area contributed by atoms with Gasteiger partial charge in [0.05, 0.1) is 5.92 Å². The molecule has 13 heteroatoms. The maximum atomic E-state index is 14.0. The zero-order chi connectivity index (χ0) is 28.5. The fourth-order valence-electron chi connectivity index (χ4n) is 5.33. The Bertz CT molecular complexity index is 1240. The molecule has 0 bridgehead atoms. The fraction of sp³-hybridized carbons (Fsp3) is 0.462. The minimum Gasteiger partial charge on any atom is -0.384 e. The highest BCUT2D eigenvalue weighted by atomic mass is 35.5. The summed E-state index contributed by atoms with van der Waals surface area (Å²) in [5.74, 6) is -3.07. The number of imide groups is 1. The maximum absolute atomic E-state index is 14.0. The van der Waals surface area contributed by atoms with Crippen molar-refractivity contribution >= 4 is 52.6 Å². The van der Waals surface area contributed by atoms with Crippen LogP contribution in [0, 0.1) is 11.8 Å². The number of anilines is 2. The standard InChI is InChI=1S/C26H28Cl2F3N5O3/c1-35(18-12-16(27)11-17(28)13-18)24(38)21-19(9-14-7-8-33-20(32)10-14)23(37)36(21)25(39)34-22(26(29,30)31)15-5-3-2-4-6-15/h7-8,10-13,15,19,21-22H,2-6,9H2,1H3,(H2,32,33)(H,34,39)/t19-,21+,22?/m1/s1. The van der Waals surface area contributed by atoms with Crippen molar-refractivity contribution < 1.29 is 27.6 Å². The molecule has 8 nitrogen and oxygen atoms in total. The van der Waals surface area contributed by atoms with Gasteiger partial charge in [0.25, 0.3) is 5.91 Å². The highest BCUT2D eigenvalue weighted by Crippen LogP contribution is 2.37. The number of aromatic nitrogens is 1. The number of halogens is 5. The largest absolute Gasteiger partial charge is 0.408 e. The topological polar surface area (TPSA) is 109 Å². The SMILES string of the molecule is CN(C(=O)[C@@H]1[C@@H](Cc2ccnc(N)c2)C(=O)N1C(=O)NC(C1CCCCC1)C(F)(F)F)c1cc(Cl)cc(Cl)c1. The van der Waals surface area contributed by atoms with Crippen LogP contribution >= 0.6 is 23.2 Å². The number of nitrogens with zero attached hydrogens (tertiary/aromatic N) is 3. The summed E-state index contributed by atoms with van der Waals surface area (Å²) in [5.41, 5.74) is 6.62. The molecule has 3 atom stereocenters. The lowest BCUT2D eigenvalue weighted by Gasteiger charge is -2.46. The molecule has 1 saturated carbocycles. The van der Waals surface area contributed by atoms with Gasteiger partial charge in [0, 0.05) is 29.0 Å². The molecule has 4 amide bonds. The van der Waals surface area contributed by atoms with Crippen molar-refractivity contribution in [1.82, 2.24) is 15.2 Å². The number of carbonyl (C=O) groups excluding carboxylic acids is 3. The first-order chi connectivity index (χ1) is 18.4. The van der Waals surface area contributed by atoms with E-state index in [1.54, 1.807) is 6.07 Å². The Labute approximate surface area is 233 Å². The first-order valence-corrected chi connectivity index (χ1v) is 13.3. The van der Waals surface area contributed by atoms with E-state index in [-0.39, 0.29) is 22.3 Å². The molecule has 1 aromatic heterocycles.